The van der Waals surface area contributed by atoms with Crippen LogP contribution in [0.1, 0.15) is 25.0 Å². The van der Waals surface area contributed by atoms with Crippen LogP contribution in [-0.4, -0.2) is 21.2 Å². The molecule has 0 bridgehead atoms. The third-order valence-electron chi connectivity index (χ3n) is 2.83. The van der Waals surface area contributed by atoms with Crippen LogP contribution in [0.5, 0.6) is 5.88 Å². The molecule has 0 aliphatic heterocycles. The van der Waals surface area contributed by atoms with E-state index < -0.39 is 0 Å². The van der Waals surface area contributed by atoms with Crippen LogP contribution in [0.4, 0.5) is 11.5 Å². The van der Waals surface area contributed by atoms with Crippen LogP contribution in [0.2, 0.25) is 0 Å². The Hall–Kier alpha value is -2.34. The molecule has 0 atom stereocenters. The molecule has 6 nitrogen and oxygen atoms in total. The van der Waals surface area contributed by atoms with Gasteiger partial charge in [-0.15, -0.1) is 0 Å². The number of nitrogen functional groups attached to an aromatic ring is 1. The molecule has 112 valence electrons. The summed E-state index contributed by atoms with van der Waals surface area (Å²) < 4.78 is 5.53. The van der Waals surface area contributed by atoms with Gasteiger partial charge in [0.1, 0.15) is 12.0 Å². The quantitative estimate of drug-likeness (QED) is 0.752. The lowest BCUT2D eigenvalue weighted by molar-refractivity contribution is 0.234. The predicted octanol–water partition coefficient (Wildman–Crippen LogP) is 1.95. The second-order valence-electron chi connectivity index (χ2n) is 4.94. The van der Waals surface area contributed by atoms with Crippen molar-refractivity contribution in [2.75, 3.05) is 11.1 Å². The van der Waals surface area contributed by atoms with Crippen molar-refractivity contribution in [1.29, 1.82) is 0 Å². The summed E-state index contributed by atoms with van der Waals surface area (Å²) in [5.74, 6) is 0.918. The summed E-state index contributed by atoms with van der Waals surface area (Å²) in [7, 11) is 0. The van der Waals surface area contributed by atoms with Crippen molar-refractivity contribution in [1.82, 2.24) is 9.97 Å². The highest BCUT2D eigenvalue weighted by atomic mass is 16.5. The number of nitrogens with two attached hydrogens (primary N) is 1. The van der Waals surface area contributed by atoms with Gasteiger partial charge < -0.3 is 20.9 Å². The van der Waals surface area contributed by atoms with Gasteiger partial charge in [-0.2, -0.15) is 4.98 Å². The Bertz CT molecular complexity index is 602. The van der Waals surface area contributed by atoms with E-state index in [1.165, 1.54) is 6.33 Å². The third-order valence-corrected chi connectivity index (χ3v) is 2.83. The molecule has 1 aromatic heterocycles. The summed E-state index contributed by atoms with van der Waals surface area (Å²) in [6.07, 6.45) is 1.41. The van der Waals surface area contributed by atoms with Gasteiger partial charge in [-0.3, -0.25) is 0 Å². The number of ether oxygens (including phenoxy) is 1. The van der Waals surface area contributed by atoms with Crippen LogP contribution in [0.25, 0.3) is 0 Å². The fourth-order valence-corrected chi connectivity index (χ4v) is 1.86. The van der Waals surface area contributed by atoms with Gasteiger partial charge in [-0.05, 0) is 25.0 Å². The molecule has 21 heavy (non-hydrogen) atoms. The fourth-order valence-electron chi connectivity index (χ4n) is 1.86. The molecule has 0 unspecified atom stereocenters. The maximum absolute atomic E-state index is 9.13. The lowest BCUT2D eigenvalue weighted by Gasteiger charge is -2.14. The first kappa shape index (κ1) is 15.1. The van der Waals surface area contributed by atoms with E-state index >= 15 is 0 Å². The van der Waals surface area contributed by atoms with Crippen molar-refractivity contribution < 1.29 is 9.84 Å². The Labute approximate surface area is 124 Å². The molecule has 4 N–H and O–H groups in total. The molecule has 0 radical (unpaired) electrons. The van der Waals surface area contributed by atoms with Crippen molar-refractivity contribution in [2.45, 2.75) is 33.1 Å². The molecule has 0 aliphatic rings. The molecular formula is C15H20N4O2. The Morgan fingerprint density at radius 3 is 2.76 bits per heavy atom. The van der Waals surface area contributed by atoms with E-state index in [9.17, 15) is 0 Å². The largest absolute Gasteiger partial charge is 0.473 e. The average molecular weight is 288 g/mol. The second-order valence-corrected chi connectivity index (χ2v) is 4.94. The highest BCUT2D eigenvalue weighted by Gasteiger charge is 2.10. The molecule has 0 fully saturated rings. The van der Waals surface area contributed by atoms with Crippen molar-refractivity contribution in [2.24, 2.45) is 0 Å². The van der Waals surface area contributed by atoms with E-state index in [0.29, 0.717) is 23.9 Å². The van der Waals surface area contributed by atoms with Gasteiger partial charge in [0.25, 0.3) is 0 Å². The first-order chi connectivity index (χ1) is 10.1. The zero-order chi connectivity index (χ0) is 15.2. The zero-order valence-electron chi connectivity index (χ0n) is 12.2. The standard InChI is InChI=1S/C15H20N4O2/c1-10(2)21-15-13(16)14(18-9-19-15)17-7-11-4-3-5-12(6-11)8-20/h3-6,9-10,20H,7-8,16H2,1-2H3,(H,17,18,19). The number of rotatable bonds is 6. The lowest BCUT2D eigenvalue weighted by Crippen LogP contribution is -2.12. The molecule has 0 spiro atoms. The summed E-state index contributed by atoms with van der Waals surface area (Å²) in [4.78, 5) is 8.16. The summed E-state index contributed by atoms with van der Waals surface area (Å²) >= 11 is 0. The van der Waals surface area contributed by atoms with Gasteiger partial charge in [0.2, 0.25) is 5.88 Å². The minimum absolute atomic E-state index is 0.00344. The van der Waals surface area contributed by atoms with E-state index in [2.05, 4.69) is 15.3 Å². The zero-order valence-corrected chi connectivity index (χ0v) is 12.2. The summed E-state index contributed by atoms with van der Waals surface area (Å²) in [6.45, 7) is 4.40. The van der Waals surface area contributed by atoms with E-state index in [4.69, 9.17) is 15.6 Å². The summed E-state index contributed by atoms with van der Waals surface area (Å²) in [6, 6.07) is 7.67. The minimum atomic E-state index is -0.00344. The smallest absolute Gasteiger partial charge is 0.242 e. The number of hydrogen-bond donors (Lipinski definition) is 3. The van der Waals surface area contributed by atoms with Gasteiger partial charge in [0.05, 0.1) is 12.7 Å². The van der Waals surface area contributed by atoms with E-state index in [-0.39, 0.29) is 12.7 Å². The molecule has 2 rings (SSSR count). The average Bonchev–Trinajstić information content (AvgIpc) is 2.48. The number of hydrogen-bond acceptors (Lipinski definition) is 6. The van der Waals surface area contributed by atoms with Gasteiger partial charge >= 0.3 is 0 Å². The minimum Gasteiger partial charge on any atom is -0.473 e. The van der Waals surface area contributed by atoms with Gasteiger partial charge in [-0.1, -0.05) is 24.3 Å². The van der Waals surface area contributed by atoms with Crippen LogP contribution in [0.15, 0.2) is 30.6 Å². The fraction of sp³-hybridized carbons (Fsp3) is 0.333. The maximum Gasteiger partial charge on any atom is 0.242 e. The molecule has 1 aromatic carbocycles. The van der Waals surface area contributed by atoms with Gasteiger partial charge in [-0.25, -0.2) is 4.98 Å². The highest BCUT2D eigenvalue weighted by Crippen LogP contribution is 2.25. The van der Waals surface area contributed by atoms with Gasteiger partial charge in [0, 0.05) is 6.54 Å². The molecule has 0 saturated carbocycles. The van der Waals surface area contributed by atoms with E-state index in [0.717, 1.165) is 11.1 Å². The third kappa shape index (κ3) is 4.06. The van der Waals surface area contributed by atoms with Crippen molar-refractivity contribution in [3.63, 3.8) is 0 Å². The van der Waals surface area contributed by atoms with Crippen molar-refractivity contribution in [3.8, 4) is 5.88 Å². The number of nitrogens with one attached hydrogen (secondary N) is 1. The molecular weight excluding hydrogens is 268 g/mol. The molecule has 0 aliphatic carbocycles. The number of aliphatic hydroxyl groups is 1. The van der Waals surface area contributed by atoms with Crippen molar-refractivity contribution in [3.05, 3.63) is 41.7 Å². The van der Waals surface area contributed by atoms with Gasteiger partial charge in [0.15, 0.2) is 5.82 Å². The first-order valence-electron chi connectivity index (χ1n) is 6.80. The van der Waals surface area contributed by atoms with E-state index in [1.807, 2.05) is 38.1 Å². The molecule has 1 heterocycles. The Morgan fingerprint density at radius 1 is 1.29 bits per heavy atom. The topological polar surface area (TPSA) is 93.3 Å². The monoisotopic (exact) mass is 288 g/mol. The SMILES string of the molecule is CC(C)Oc1ncnc(NCc2cccc(CO)c2)c1N. The highest BCUT2D eigenvalue weighted by molar-refractivity contribution is 5.66. The molecule has 0 saturated heterocycles. The number of aromatic nitrogens is 2. The maximum atomic E-state index is 9.13. The number of aliphatic hydroxyl groups excluding tert-OH is 1. The molecule has 0 amide bonds. The van der Waals surface area contributed by atoms with Crippen LogP contribution in [0.3, 0.4) is 0 Å². The normalized spacial score (nSPS) is 10.7. The number of nitrogens with zero attached hydrogens (tertiary/aromatic N) is 2. The van der Waals surface area contributed by atoms with Crippen LogP contribution < -0.4 is 15.8 Å². The van der Waals surface area contributed by atoms with E-state index in [1.54, 1.807) is 0 Å². The molecule has 2 aromatic rings. The van der Waals surface area contributed by atoms with Crippen molar-refractivity contribution >= 4 is 11.5 Å². The molecule has 6 heteroatoms. The van der Waals surface area contributed by atoms with Crippen LogP contribution in [-0.2, 0) is 13.2 Å². The van der Waals surface area contributed by atoms with Crippen LogP contribution >= 0.6 is 0 Å². The Balaban J connectivity index is 2.09. The second kappa shape index (κ2) is 6.90. The summed E-state index contributed by atoms with van der Waals surface area (Å²) in [5.41, 5.74) is 8.29. The first-order valence-corrected chi connectivity index (χ1v) is 6.80. The predicted molar refractivity (Wildman–Crippen MR) is 81.9 cm³/mol. The Kier molecular flexibility index (Phi) is 4.94. The Morgan fingerprint density at radius 2 is 2.05 bits per heavy atom. The van der Waals surface area contributed by atoms with Crippen LogP contribution in [0, 0.1) is 0 Å². The lowest BCUT2D eigenvalue weighted by atomic mass is 10.1. The number of benzene rings is 1. The number of anilines is 2. The summed E-state index contributed by atoms with van der Waals surface area (Å²) in [5, 5.41) is 12.3.